The lowest BCUT2D eigenvalue weighted by atomic mass is 10.1. The maximum Gasteiger partial charge on any atom is 0.349 e. The molecule has 3 rings (SSSR count). The zero-order chi connectivity index (χ0) is 19.8. The smallest absolute Gasteiger partial charge is 0.349 e. The molecule has 5 heteroatoms. The first kappa shape index (κ1) is 19.5. The summed E-state index contributed by atoms with van der Waals surface area (Å²) in [6, 6.07) is 22.2. The standard InChI is InChI=1S/C23H19ClO4/c1-26-22-15-18(12-11-17-7-3-2-4-8-17)13-14-21(22)28-23(25)16-27-20-10-6-5-9-19(20)24/h2-15H,16H2,1H3. The zero-order valence-corrected chi connectivity index (χ0v) is 16.1. The molecule has 3 aromatic rings. The van der Waals surface area contributed by atoms with Crippen molar-refractivity contribution in [3.8, 4) is 17.2 Å². The Hall–Kier alpha value is -3.24. The van der Waals surface area contributed by atoms with E-state index in [-0.39, 0.29) is 6.61 Å². The van der Waals surface area contributed by atoms with Gasteiger partial charge in [-0.3, -0.25) is 0 Å². The lowest BCUT2D eigenvalue weighted by molar-refractivity contribution is -0.136. The van der Waals surface area contributed by atoms with E-state index >= 15 is 0 Å². The highest BCUT2D eigenvalue weighted by atomic mass is 35.5. The van der Waals surface area contributed by atoms with Gasteiger partial charge in [0.05, 0.1) is 12.1 Å². The third-order valence-corrected chi connectivity index (χ3v) is 4.17. The summed E-state index contributed by atoms with van der Waals surface area (Å²) in [5.74, 6) is 0.661. The number of hydrogen-bond acceptors (Lipinski definition) is 4. The minimum atomic E-state index is -0.550. The van der Waals surface area contributed by atoms with Gasteiger partial charge in [0.2, 0.25) is 0 Å². The molecule has 0 N–H and O–H groups in total. The van der Waals surface area contributed by atoms with Gasteiger partial charge in [-0.05, 0) is 35.4 Å². The van der Waals surface area contributed by atoms with Crippen LogP contribution in [0.25, 0.3) is 12.2 Å². The molecule has 0 aliphatic heterocycles. The van der Waals surface area contributed by atoms with Crippen molar-refractivity contribution in [2.75, 3.05) is 13.7 Å². The molecule has 0 aliphatic carbocycles. The Morgan fingerprint density at radius 1 is 0.857 bits per heavy atom. The van der Waals surface area contributed by atoms with Crippen LogP contribution >= 0.6 is 11.6 Å². The van der Waals surface area contributed by atoms with Crippen molar-refractivity contribution in [1.82, 2.24) is 0 Å². The monoisotopic (exact) mass is 394 g/mol. The van der Waals surface area contributed by atoms with E-state index in [2.05, 4.69) is 0 Å². The normalized spacial score (nSPS) is 10.6. The summed E-state index contributed by atoms with van der Waals surface area (Å²) in [7, 11) is 1.53. The van der Waals surface area contributed by atoms with Crippen molar-refractivity contribution in [1.29, 1.82) is 0 Å². The van der Waals surface area contributed by atoms with Gasteiger partial charge in [-0.15, -0.1) is 0 Å². The van der Waals surface area contributed by atoms with Crippen LogP contribution in [0.1, 0.15) is 11.1 Å². The number of hydrogen-bond donors (Lipinski definition) is 0. The molecule has 0 aromatic heterocycles. The molecule has 142 valence electrons. The fraction of sp³-hybridized carbons (Fsp3) is 0.0870. The molecule has 0 saturated heterocycles. The predicted octanol–water partition coefficient (Wildman–Crippen LogP) is 5.50. The summed E-state index contributed by atoms with van der Waals surface area (Å²) in [5.41, 5.74) is 2.02. The van der Waals surface area contributed by atoms with Crippen molar-refractivity contribution in [2.24, 2.45) is 0 Å². The maximum atomic E-state index is 12.1. The van der Waals surface area contributed by atoms with E-state index < -0.39 is 5.97 Å². The number of rotatable bonds is 7. The molecule has 0 bridgehead atoms. The van der Waals surface area contributed by atoms with Crippen LogP contribution in [0.4, 0.5) is 0 Å². The van der Waals surface area contributed by atoms with Gasteiger partial charge in [0.15, 0.2) is 18.1 Å². The summed E-state index contributed by atoms with van der Waals surface area (Å²) in [5, 5.41) is 0.433. The topological polar surface area (TPSA) is 44.8 Å². The van der Waals surface area contributed by atoms with Crippen LogP contribution in [0.3, 0.4) is 0 Å². The molecule has 4 nitrogen and oxygen atoms in total. The van der Waals surface area contributed by atoms with Crippen molar-refractivity contribution in [2.45, 2.75) is 0 Å². The number of ether oxygens (including phenoxy) is 3. The number of carbonyl (C=O) groups is 1. The van der Waals surface area contributed by atoms with E-state index in [0.29, 0.717) is 22.3 Å². The summed E-state index contributed by atoms with van der Waals surface area (Å²) in [6.45, 7) is -0.261. The van der Waals surface area contributed by atoms with Crippen LogP contribution in [0, 0.1) is 0 Å². The molecule has 0 amide bonds. The fourth-order valence-corrected chi connectivity index (χ4v) is 2.67. The number of para-hydroxylation sites is 1. The lowest BCUT2D eigenvalue weighted by Crippen LogP contribution is -2.18. The van der Waals surface area contributed by atoms with E-state index in [4.69, 9.17) is 25.8 Å². The first-order valence-electron chi connectivity index (χ1n) is 8.65. The predicted molar refractivity (Wildman–Crippen MR) is 111 cm³/mol. The SMILES string of the molecule is COc1cc(C=Cc2ccccc2)ccc1OC(=O)COc1ccccc1Cl. The van der Waals surface area contributed by atoms with Crippen molar-refractivity contribution < 1.29 is 19.0 Å². The Morgan fingerprint density at radius 2 is 1.57 bits per heavy atom. The molecule has 0 atom stereocenters. The van der Waals surface area contributed by atoms with E-state index in [1.165, 1.54) is 7.11 Å². The number of halogens is 1. The van der Waals surface area contributed by atoms with Gasteiger partial charge < -0.3 is 14.2 Å². The van der Waals surface area contributed by atoms with Gasteiger partial charge in [0, 0.05) is 0 Å². The van der Waals surface area contributed by atoms with Gasteiger partial charge in [0.25, 0.3) is 0 Å². The van der Waals surface area contributed by atoms with E-state index in [1.54, 1.807) is 36.4 Å². The molecule has 0 fully saturated rings. The lowest BCUT2D eigenvalue weighted by Gasteiger charge is -2.11. The molecule has 3 aromatic carbocycles. The van der Waals surface area contributed by atoms with Crippen LogP contribution in [0.2, 0.25) is 5.02 Å². The largest absolute Gasteiger partial charge is 0.493 e. The molecule has 0 radical (unpaired) electrons. The van der Waals surface area contributed by atoms with E-state index in [0.717, 1.165) is 11.1 Å². The van der Waals surface area contributed by atoms with Gasteiger partial charge in [-0.25, -0.2) is 4.79 Å². The molecule has 0 unspecified atom stereocenters. The van der Waals surface area contributed by atoms with Crippen LogP contribution < -0.4 is 14.2 Å². The second-order valence-corrected chi connectivity index (χ2v) is 6.25. The number of carbonyl (C=O) groups excluding carboxylic acids is 1. The molecule has 0 aliphatic rings. The molecule has 0 heterocycles. The second-order valence-electron chi connectivity index (χ2n) is 5.85. The molecular formula is C23H19ClO4. The molecule has 0 saturated carbocycles. The highest BCUT2D eigenvalue weighted by Crippen LogP contribution is 2.29. The van der Waals surface area contributed by atoms with Crippen molar-refractivity contribution in [3.05, 3.63) is 88.9 Å². The number of methoxy groups -OCH3 is 1. The minimum absolute atomic E-state index is 0.261. The van der Waals surface area contributed by atoms with E-state index in [9.17, 15) is 4.79 Å². The fourth-order valence-electron chi connectivity index (χ4n) is 2.48. The summed E-state index contributed by atoms with van der Waals surface area (Å²) in [6.07, 6.45) is 3.96. The second kappa shape index (κ2) is 9.62. The first-order chi connectivity index (χ1) is 13.7. The minimum Gasteiger partial charge on any atom is -0.493 e. The summed E-state index contributed by atoms with van der Waals surface area (Å²) < 4.78 is 16.1. The Balaban J connectivity index is 1.64. The van der Waals surface area contributed by atoms with Crippen LogP contribution in [0.5, 0.6) is 17.2 Å². The first-order valence-corrected chi connectivity index (χ1v) is 9.02. The quantitative estimate of drug-likeness (QED) is 0.301. The Kier molecular flexibility index (Phi) is 6.71. The van der Waals surface area contributed by atoms with Crippen LogP contribution in [0.15, 0.2) is 72.8 Å². The highest BCUT2D eigenvalue weighted by Gasteiger charge is 2.12. The third kappa shape index (κ3) is 5.38. The van der Waals surface area contributed by atoms with Gasteiger partial charge in [-0.1, -0.05) is 72.3 Å². The van der Waals surface area contributed by atoms with Crippen molar-refractivity contribution in [3.63, 3.8) is 0 Å². The number of benzene rings is 3. The summed E-state index contributed by atoms with van der Waals surface area (Å²) in [4.78, 5) is 12.1. The van der Waals surface area contributed by atoms with Crippen molar-refractivity contribution >= 4 is 29.7 Å². The van der Waals surface area contributed by atoms with Gasteiger partial charge in [0.1, 0.15) is 5.75 Å². The molecule has 0 spiro atoms. The Morgan fingerprint density at radius 3 is 2.32 bits per heavy atom. The molecule has 28 heavy (non-hydrogen) atoms. The maximum absolute atomic E-state index is 12.1. The zero-order valence-electron chi connectivity index (χ0n) is 15.3. The summed E-state index contributed by atoms with van der Waals surface area (Å²) >= 11 is 6.00. The van der Waals surface area contributed by atoms with Gasteiger partial charge in [-0.2, -0.15) is 0 Å². The van der Waals surface area contributed by atoms with Crippen LogP contribution in [-0.2, 0) is 4.79 Å². The average molecular weight is 395 g/mol. The Labute approximate surface area is 168 Å². The van der Waals surface area contributed by atoms with Gasteiger partial charge >= 0.3 is 5.97 Å². The average Bonchev–Trinajstić information content (AvgIpc) is 2.73. The third-order valence-electron chi connectivity index (χ3n) is 3.86. The number of esters is 1. The molecular weight excluding hydrogens is 376 g/mol. The van der Waals surface area contributed by atoms with Crippen LogP contribution in [-0.4, -0.2) is 19.7 Å². The van der Waals surface area contributed by atoms with E-state index in [1.807, 2.05) is 48.6 Å². The highest BCUT2D eigenvalue weighted by molar-refractivity contribution is 6.32. The Bertz CT molecular complexity index is 967.